The number of hydrogen-bond acceptors (Lipinski definition) is 5. The first kappa shape index (κ1) is 18.2. The van der Waals surface area contributed by atoms with Crippen LogP contribution in [0.15, 0.2) is 24.3 Å². The summed E-state index contributed by atoms with van der Waals surface area (Å²) in [5.41, 5.74) is 1.03. The summed E-state index contributed by atoms with van der Waals surface area (Å²) in [6.45, 7) is 7.41. The number of rotatable bonds is 7. The van der Waals surface area contributed by atoms with Crippen LogP contribution in [0.4, 0.5) is 0 Å². The first-order valence-corrected chi connectivity index (χ1v) is 9.32. The zero-order valence-electron chi connectivity index (χ0n) is 14.8. The van der Waals surface area contributed by atoms with Crippen LogP contribution in [0.3, 0.4) is 0 Å². The van der Waals surface area contributed by atoms with Crippen molar-refractivity contribution in [1.82, 2.24) is 15.5 Å². The smallest absolute Gasteiger partial charge is 0.224 e. The van der Waals surface area contributed by atoms with Crippen LogP contribution in [0.25, 0.3) is 0 Å². The molecule has 25 heavy (non-hydrogen) atoms. The fourth-order valence-corrected chi connectivity index (χ4v) is 3.30. The maximum atomic E-state index is 12.3. The Morgan fingerprint density at radius 1 is 1.32 bits per heavy atom. The molecule has 0 radical (unpaired) electrons. The van der Waals surface area contributed by atoms with E-state index in [1.54, 1.807) is 0 Å². The van der Waals surface area contributed by atoms with Crippen molar-refractivity contribution in [2.75, 3.05) is 52.5 Å². The van der Waals surface area contributed by atoms with E-state index in [1.807, 2.05) is 24.3 Å². The fraction of sp³-hybridized carbons (Fsp3) is 0.632. The number of carbonyl (C=O) groups is 1. The van der Waals surface area contributed by atoms with Crippen LogP contribution >= 0.6 is 0 Å². The molecule has 2 saturated heterocycles. The molecule has 0 bridgehead atoms. The molecule has 0 aliphatic carbocycles. The Hall–Kier alpha value is -1.63. The number of hydrogen-bond donors (Lipinski definition) is 2. The lowest BCUT2D eigenvalue weighted by molar-refractivity contribution is -0.125. The lowest BCUT2D eigenvalue weighted by Crippen LogP contribution is -2.40. The van der Waals surface area contributed by atoms with E-state index >= 15 is 0 Å². The van der Waals surface area contributed by atoms with Crippen molar-refractivity contribution in [2.45, 2.75) is 19.4 Å². The van der Waals surface area contributed by atoms with Crippen molar-refractivity contribution in [1.29, 1.82) is 0 Å². The molecule has 0 saturated carbocycles. The van der Waals surface area contributed by atoms with E-state index < -0.39 is 0 Å². The summed E-state index contributed by atoms with van der Waals surface area (Å²) < 4.78 is 11.3. The van der Waals surface area contributed by atoms with Gasteiger partial charge in [-0.1, -0.05) is 18.2 Å². The zero-order valence-corrected chi connectivity index (χ0v) is 14.8. The zero-order chi connectivity index (χ0) is 17.3. The van der Waals surface area contributed by atoms with Gasteiger partial charge in [-0.25, -0.2) is 0 Å². The second-order valence-electron chi connectivity index (χ2n) is 6.67. The molecule has 1 unspecified atom stereocenters. The van der Waals surface area contributed by atoms with Gasteiger partial charge in [0, 0.05) is 38.3 Å². The van der Waals surface area contributed by atoms with Gasteiger partial charge in [0.2, 0.25) is 5.91 Å². The molecule has 138 valence electrons. The number of nitrogens with one attached hydrogen (secondary N) is 2. The fourth-order valence-electron chi connectivity index (χ4n) is 3.30. The molecule has 2 N–H and O–H groups in total. The first-order valence-electron chi connectivity index (χ1n) is 9.32. The predicted octanol–water partition coefficient (Wildman–Crippen LogP) is 1.01. The number of morpholine rings is 1. The molecule has 2 fully saturated rings. The van der Waals surface area contributed by atoms with E-state index in [9.17, 15) is 4.79 Å². The third-order valence-corrected chi connectivity index (χ3v) is 4.86. The molecular weight excluding hydrogens is 318 g/mol. The van der Waals surface area contributed by atoms with Gasteiger partial charge in [0.15, 0.2) is 0 Å². The standard InChI is InChI=1S/C19H29N3O3/c23-19(17-5-3-7-20-14-17)21-15-16-4-1-2-6-18(16)25-13-10-22-8-11-24-12-9-22/h1-2,4,6,17,20H,3,5,7-15H2,(H,21,23). The number of para-hydroxylation sites is 1. The van der Waals surface area contributed by atoms with Crippen molar-refractivity contribution >= 4 is 5.91 Å². The van der Waals surface area contributed by atoms with Crippen LogP contribution in [-0.4, -0.2) is 63.4 Å². The van der Waals surface area contributed by atoms with Gasteiger partial charge in [-0.3, -0.25) is 9.69 Å². The van der Waals surface area contributed by atoms with E-state index in [1.165, 1.54) is 0 Å². The van der Waals surface area contributed by atoms with E-state index in [4.69, 9.17) is 9.47 Å². The van der Waals surface area contributed by atoms with Crippen molar-refractivity contribution in [3.8, 4) is 5.75 Å². The molecule has 0 aromatic heterocycles. The maximum Gasteiger partial charge on any atom is 0.224 e. The topological polar surface area (TPSA) is 62.8 Å². The van der Waals surface area contributed by atoms with Crippen LogP contribution < -0.4 is 15.4 Å². The van der Waals surface area contributed by atoms with Crippen molar-refractivity contribution in [3.63, 3.8) is 0 Å². The third-order valence-electron chi connectivity index (χ3n) is 4.86. The Kier molecular flexibility index (Phi) is 7.09. The number of amides is 1. The highest BCUT2D eigenvalue weighted by atomic mass is 16.5. The minimum absolute atomic E-state index is 0.0863. The van der Waals surface area contributed by atoms with Crippen LogP contribution in [0.1, 0.15) is 18.4 Å². The summed E-state index contributed by atoms with van der Waals surface area (Å²) in [5.74, 6) is 1.08. The number of carbonyl (C=O) groups excluding carboxylic acids is 1. The Bertz CT molecular complexity index is 540. The minimum atomic E-state index is 0.0863. The Morgan fingerprint density at radius 3 is 2.96 bits per heavy atom. The van der Waals surface area contributed by atoms with Gasteiger partial charge in [0.05, 0.1) is 19.1 Å². The van der Waals surface area contributed by atoms with Gasteiger partial charge in [-0.15, -0.1) is 0 Å². The average Bonchev–Trinajstić information content (AvgIpc) is 2.68. The van der Waals surface area contributed by atoms with Gasteiger partial charge in [-0.2, -0.15) is 0 Å². The minimum Gasteiger partial charge on any atom is -0.492 e. The number of benzene rings is 1. The lowest BCUT2D eigenvalue weighted by atomic mass is 9.99. The quantitative estimate of drug-likeness (QED) is 0.771. The van der Waals surface area contributed by atoms with Crippen molar-refractivity contribution < 1.29 is 14.3 Å². The molecule has 2 aliphatic heterocycles. The molecule has 2 aliphatic rings. The summed E-state index contributed by atoms with van der Waals surface area (Å²) >= 11 is 0. The number of ether oxygens (including phenoxy) is 2. The molecule has 1 amide bonds. The van der Waals surface area contributed by atoms with Gasteiger partial charge < -0.3 is 20.1 Å². The normalized spacial score (nSPS) is 21.7. The first-order chi connectivity index (χ1) is 12.3. The summed E-state index contributed by atoms with van der Waals surface area (Å²) in [7, 11) is 0. The van der Waals surface area contributed by atoms with E-state index in [0.29, 0.717) is 13.2 Å². The number of nitrogens with zero attached hydrogens (tertiary/aromatic N) is 1. The highest BCUT2D eigenvalue weighted by Gasteiger charge is 2.20. The average molecular weight is 347 g/mol. The van der Waals surface area contributed by atoms with Gasteiger partial charge in [0.25, 0.3) is 0 Å². The molecule has 1 atom stereocenters. The maximum absolute atomic E-state index is 12.3. The van der Waals surface area contributed by atoms with E-state index in [-0.39, 0.29) is 11.8 Å². The lowest BCUT2D eigenvalue weighted by Gasteiger charge is -2.26. The third kappa shape index (κ3) is 5.70. The molecule has 1 aromatic carbocycles. The summed E-state index contributed by atoms with van der Waals surface area (Å²) in [4.78, 5) is 14.6. The van der Waals surface area contributed by atoms with E-state index in [2.05, 4.69) is 15.5 Å². The summed E-state index contributed by atoms with van der Waals surface area (Å²) in [5, 5.41) is 6.35. The van der Waals surface area contributed by atoms with Gasteiger partial charge in [-0.05, 0) is 25.5 Å². The molecule has 1 aromatic rings. The van der Waals surface area contributed by atoms with Crippen molar-refractivity contribution in [3.05, 3.63) is 29.8 Å². The summed E-state index contributed by atoms with van der Waals surface area (Å²) in [6.07, 6.45) is 2.04. The molecule has 6 heteroatoms. The molecule has 0 spiro atoms. The second-order valence-corrected chi connectivity index (χ2v) is 6.67. The Morgan fingerprint density at radius 2 is 2.16 bits per heavy atom. The molecule has 3 rings (SSSR count). The Labute approximate surface area is 149 Å². The monoisotopic (exact) mass is 347 g/mol. The van der Waals surface area contributed by atoms with Gasteiger partial charge >= 0.3 is 0 Å². The second kappa shape index (κ2) is 9.75. The number of piperidine rings is 1. The highest BCUT2D eigenvalue weighted by molar-refractivity contribution is 5.79. The van der Waals surface area contributed by atoms with Crippen LogP contribution in [-0.2, 0) is 16.1 Å². The van der Waals surface area contributed by atoms with Gasteiger partial charge in [0.1, 0.15) is 12.4 Å². The van der Waals surface area contributed by atoms with Crippen LogP contribution in [0.5, 0.6) is 5.75 Å². The molecular formula is C19H29N3O3. The SMILES string of the molecule is O=C(NCc1ccccc1OCCN1CCOCC1)C1CCCNC1. The highest BCUT2D eigenvalue weighted by Crippen LogP contribution is 2.18. The molecule has 6 nitrogen and oxygen atoms in total. The predicted molar refractivity (Wildman–Crippen MR) is 96.6 cm³/mol. The van der Waals surface area contributed by atoms with Crippen LogP contribution in [0, 0.1) is 5.92 Å². The van der Waals surface area contributed by atoms with Crippen LogP contribution in [0.2, 0.25) is 0 Å². The molecule has 2 heterocycles. The largest absolute Gasteiger partial charge is 0.492 e. The Balaban J connectivity index is 1.45. The summed E-state index contributed by atoms with van der Waals surface area (Å²) in [6, 6.07) is 7.95. The van der Waals surface area contributed by atoms with Crippen molar-refractivity contribution in [2.24, 2.45) is 5.92 Å². The van der Waals surface area contributed by atoms with E-state index in [0.717, 1.165) is 70.1 Å².